The maximum Gasteiger partial charge on any atom is 0.0551 e. The summed E-state index contributed by atoms with van der Waals surface area (Å²) in [6.45, 7) is 0. The Morgan fingerprint density at radius 1 is 0.400 bits per heavy atom. The quantitative estimate of drug-likeness (QED) is 0.213. The van der Waals surface area contributed by atoms with Crippen molar-refractivity contribution in [2.24, 2.45) is 0 Å². The van der Waals surface area contributed by atoms with Crippen molar-refractivity contribution in [3.05, 3.63) is 152 Å². The van der Waals surface area contributed by atoms with Gasteiger partial charge in [0.2, 0.25) is 0 Å². The molecule has 0 saturated heterocycles. The van der Waals surface area contributed by atoms with E-state index in [2.05, 4.69) is 169 Å². The molecule has 1 nitrogen and oxygen atoms in total. The zero-order chi connectivity index (χ0) is 27.1. The molecule has 6 aromatic rings. The fourth-order valence-corrected chi connectivity index (χ4v) is 8.45. The van der Waals surface area contributed by atoms with Crippen molar-refractivity contribution in [3.8, 4) is 33.4 Å². The topological polar surface area (TPSA) is 3.24 Å². The van der Waals surface area contributed by atoms with E-state index in [0.717, 1.165) is 11.4 Å². The number of hydrogen-bond acceptors (Lipinski definition) is 1. The van der Waals surface area contributed by atoms with Crippen molar-refractivity contribution < 1.29 is 0 Å². The third kappa shape index (κ3) is 4.13. The maximum atomic E-state index is 2.43. The van der Waals surface area contributed by atoms with Crippen molar-refractivity contribution in [2.45, 2.75) is 9.79 Å². The smallest absolute Gasteiger partial charge is 0.0551 e. The normalized spacial score (nSPS) is 13.8. The first-order chi connectivity index (χ1) is 19.6. The number of nitrogens with zero attached hydrogens (tertiary/aromatic N) is 1. The molecule has 0 N–H and O–H groups in total. The van der Waals surface area contributed by atoms with Gasteiger partial charge in [-0.25, -0.2) is 0 Å². The summed E-state index contributed by atoms with van der Waals surface area (Å²) in [6.07, 6.45) is 4.85. The van der Waals surface area contributed by atoms with E-state index >= 15 is 0 Å². The molecule has 1 aliphatic rings. The van der Waals surface area contributed by atoms with Crippen LogP contribution in [0.3, 0.4) is 0 Å². The Bertz CT molecular complexity index is 1700. The molecule has 0 radical (unpaired) electrons. The van der Waals surface area contributed by atoms with Crippen LogP contribution in [0, 0.1) is 0 Å². The molecular formula is C38H31NS. The van der Waals surface area contributed by atoms with Gasteiger partial charge < -0.3 is 4.90 Å². The first kappa shape index (κ1) is 24.5. The summed E-state index contributed by atoms with van der Waals surface area (Å²) in [5.41, 5.74) is 11.1. The molecule has 194 valence electrons. The molecule has 2 heteroatoms. The molecule has 0 aromatic heterocycles. The van der Waals surface area contributed by atoms with Gasteiger partial charge in [-0.1, -0.05) is 109 Å². The average Bonchev–Trinajstić information content (AvgIpc) is 3.26. The second-order valence-electron chi connectivity index (χ2n) is 10.6. The molecule has 0 aliphatic carbocycles. The molecule has 0 amide bonds. The van der Waals surface area contributed by atoms with E-state index < -0.39 is 10.0 Å². The zero-order valence-corrected chi connectivity index (χ0v) is 23.6. The predicted octanol–water partition coefficient (Wildman–Crippen LogP) is 11.0. The van der Waals surface area contributed by atoms with E-state index in [-0.39, 0.29) is 0 Å². The Labute approximate surface area is 238 Å². The molecule has 0 atom stereocenters. The van der Waals surface area contributed by atoms with E-state index in [1.807, 2.05) is 0 Å². The lowest BCUT2D eigenvalue weighted by Gasteiger charge is -2.30. The molecular weight excluding hydrogens is 502 g/mol. The first-order valence-corrected chi connectivity index (χ1v) is 16.1. The second kappa shape index (κ2) is 9.89. The van der Waals surface area contributed by atoms with E-state index in [1.165, 1.54) is 48.9 Å². The van der Waals surface area contributed by atoms with E-state index in [9.17, 15) is 0 Å². The van der Waals surface area contributed by atoms with Crippen molar-refractivity contribution in [3.63, 3.8) is 0 Å². The van der Waals surface area contributed by atoms with Crippen molar-refractivity contribution in [2.75, 3.05) is 17.4 Å². The molecule has 40 heavy (non-hydrogen) atoms. The fraction of sp³-hybridized carbons (Fsp3) is 0.0526. The summed E-state index contributed by atoms with van der Waals surface area (Å²) < 4.78 is 0. The largest absolute Gasteiger partial charge is 0.310 e. The predicted molar refractivity (Wildman–Crippen MR) is 173 cm³/mol. The lowest BCUT2D eigenvalue weighted by atomic mass is 10.0. The summed E-state index contributed by atoms with van der Waals surface area (Å²) in [5, 5.41) is 0. The number of fused-ring (bicyclic) bond motifs is 3. The minimum Gasteiger partial charge on any atom is -0.310 e. The van der Waals surface area contributed by atoms with Crippen LogP contribution in [-0.4, -0.2) is 12.5 Å². The number of hydrogen-bond donors (Lipinski definition) is 0. The third-order valence-electron chi connectivity index (χ3n) is 7.97. The SMILES string of the molecule is CS1(C)c2ccccc2-c2c(N(c3ccc(-c4ccccc4)cc3)c3ccc(-c4ccccc4)cc3)cccc21. The molecule has 7 rings (SSSR count). The monoisotopic (exact) mass is 533 g/mol. The van der Waals surface area contributed by atoms with Gasteiger partial charge in [0.1, 0.15) is 0 Å². The van der Waals surface area contributed by atoms with E-state index in [1.54, 1.807) is 0 Å². The van der Waals surface area contributed by atoms with Crippen LogP contribution >= 0.6 is 10.0 Å². The highest BCUT2D eigenvalue weighted by Crippen LogP contribution is 2.69. The van der Waals surface area contributed by atoms with Gasteiger partial charge in [-0.05, 0) is 82.8 Å². The highest BCUT2D eigenvalue weighted by atomic mass is 32.3. The van der Waals surface area contributed by atoms with Crippen LogP contribution in [0.15, 0.2) is 161 Å². The molecule has 6 aromatic carbocycles. The first-order valence-electron chi connectivity index (χ1n) is 13.7. The Hall–Kier alpha value is -4.53. The van der Waals surface area contributed by atoms with Crippen LogP contribution in [0.1, 0.15) is 0 Å². The third-order valence-corrected chi connectivity index (χ3v) is 10.9. The highest BCUT2D eigenvalue weighted by Gasteiger charge is 2.34. The molecule has 1 heterocycles. The lowest BCUT2D eigenvalue weighted by molar-refractivity contribution is 1.26. The van der Waals surface area contributed by atoms with Gasteiger partial charge in [-0.2, -0.15) is 10.0 Å². The molecule has 0 spiro atoms. The summed E-state index contributed by atoms with van der Waals surface area (Å²) in [6, 6.07) is 55.0. The van der Waals surface area contributed by atoms with Crippen LogP contribution in [-0.2, 0) is 0 Å². The van der Waals surface area contributed by atoms with Crippen molar-refractivity contribution in [1.82, 2.24) is 0 Å². The molecule has 0 bridgehead atoms. The summed E-state index contributed by atoms with van der Waals surface area (Å²) in [7, 11) is -1.10. The fourth-order valence-electron chi connectivity index (χ4n) is 5.93. The van der Waals surface area contributed by atoms with Crippen LogP contribution in [0.5, 0.6) is 0 Å². The van der Waals surface area contributed by atoms with Gasteiger partial charge in [0.25, 0.3) is 0 Å². The van der Waals surface area contributed by atoms with Gasteiger partial charge in [-0.3, -0.25) is 0 Å². The molecule has 0 fully saturated rings. The van der Waals surface area contributed by atoms with Crippen LogP contribution < -0.4 is 4.90 Å². The number of anilines is 3. The number of benzene rings is 6. The second-order valence-corrected chi connectivity index (χ2v) is 14.2. The van der Waals surface area contributed by atoms with Gasteiger partial charge in [0.05, 0.1) is 5.69 Å². The van der Waals surface area contributed by atoms with Crippen molar-refractivity contribution in [1.29, 1.82) is 0 Å². The van der Waals surface area contributed by atoms with Crippen molar-refractivity contribution >= 4 is 27.1 Å². The minimum absolute atomic E-state index is 1.10. The minimum atomic E-state index is -1.10. The van der Waals surface area contributed by atoms with Gasteiger partial charge in [0, 0.05) is 26.7 Å². The Kier molecular flexibility index (Phi) is 6.06. The summed E-state index contributed by atoms with van der Waals surface area (Å²) in [4.78, 5) is 5.36. The standard InChI is InChI=1S/C38H31NS/c1-40(2)36-18-10-9-16-34(36)38-35(17-11-19-37(38)40)39(32-24-20-30(21-25-32)28-12-5-3-6-13-28)33-26-22-31(23-27-33)29-14-7-4-8-15-29/h3-27H,1-2H3. The summed E-state index contributed by atoms with van der Waals surface area (Å²) >= 11 is 0. The Balaban J connectivity index is 1.40. The maximum absolute atomic E-state index is 2.43. The number of rotatable bonds is 5. The van der Waals surface area contributed by atoms with Gasteiger partial charge >= 0.3 is 0 Å². The Morgan fingerprint density at radius 2 is 0.850 bits per heavy atom. The van der Waals surface area contributed by atoms with Crippen LogP contribution in [0.25, 0.3) is 33.4 Å². The molecule has 1 aliphatic heterocycles. The van der Waals surface area contributed by atoms with Crippen LogP contribution in [0.4, 0.5) is 17.1 Å². The van der Waals surface area contributed by atoms with E-state index in [4.69, 9.17) is 0 Å². The van der Waals surface area contributed by atoms with Crippen LogP contribution in [0.2, 0.25) is 0 Å². The van der Waals surface area contributed by atoms with Gasteiger partial charge in [0.15, 0.2) is 0 Å². The highest BCUT2D eigenvalue weighted by molar-refractivity contribution is 8.33. The summed E-state index contributed by atoms with van der Waals surface area (Å²) in [5.74, 6) is 0. The lowest BCUT2D eigenvalue weighted by Crippen LogP contribution is -2.11. The van der Waals surface area contributed by atoms with Gasteiger partial charge in [-0.15, -0.1) is 0 Å². The zero-order valence-electron chi connectivity index (χ0n) is 22.8. The average molecular weight is 534 g/mol. The molecule has 0 saturated carbocycles. The molecule has 0 unspecified atom stereocenters. The van der Waals surface area contributed by atoms with E-state index in [0.29, 0.717) is 0 Å². The Morgan fingerprint density at radius 3 is 1.40 bits per heavy atom.